The molecule has 0 aliphatic rings. The lowest BCUT2D eigenvalue weighted by molar-refractivity contribution is 0.0909. The molecule has 21 heavy (non-hydrogen) atoms. The van der Waals surface area contributed by atoms with Crippen molar-refractivity contribution >= 4 is 0 Å². The Balaban J connectivity index is 2.76. The van der Waals surface area contributed by atoms with E-state index in [1.165, 1.54) is 0 Å². The summed E-state index contributed by atoms with van der Waals surface area (Å²) in [7, 11) is 0. The maximum absolute atomic E-state index is 12.6. The molecule has 0 heterocycles. The summed E-state index contributed by atoms with van der Waals surface area (Å²) in [6.07, 6.45) is 6.64. The van der Waals surface area contributed by atoms with Gasteiger partial charge >= 0.3 is 0 Å². The maximum Gasteiger partial charge on any atom is 0.117 e. The lowest BCUT2D eigenvalue weighted by Gasteiger charge is -2.24. The van der Waals surface area contributed by atoms with Crippen LogP contribution in [-0.2, 0) is 6.54 Å². The van der Waals surface area contributed by atoms with Gasteiger partial charge in [0.2, 0.25) is 0 Å². The van der Waals surface area contributed by atoms with E-state index < -0.39 is 12.8 Å². The van der Waals surface area contributed by atoms with E-state index in [0.29, 0.717) is 19.6 Å². The zero-order chi connectivity index (χ0) is 15.5. The molecule has 114 valence electrons. The lowest BCUT2D eigenvalue weighted by Crippen LogP contribution is -2.34. The molecular weight excluding hydrogens is 265 g/mol. The summed E-state index contributed by atoms with van der Waals surface area (Å²) in [5.74, 6) is 0. The van der Waals surface area contributed by atoms with Crippen molar-refractivity contribution in [2.24, 2.45) is 0 Å². The van der Waals surface area contributed by atoms with Gasteiger partial charge in [0.25, 0.3) is 0 Å². The van der Waals surface area contributed by atoms with Crippen molar-refractivity contribution in [3.8, 4) is 0 Å². The van der Waals surface area contributed by atoms with Gasteiger partial charge in [-0.3, -0.25) is 4.90 Å². The molecule has 1 aromatic rings. The van der Waals surface area contributed by atoms with Crippen molar-refractivity contribution in [2.75, 3.05) is 19.8 Å². The summed E-state index contributed by atoms with van der Waals surface area (Å²) in [5, 5.41) is 9.60. The molecule has 0 bridgehead atoms. The van der Waals surface area contributed by atoms with Crippen molar-refractivity contribution in [3.05, 3.63) is 72.4 Å². The van der Waals surface area contributed by atoms with Crippen molar-refractivity contribution in [1.82, 2.24) is 4.90 Å². The smallest absolute Gasteiger partial charge is 0.117 e. The quantitative estimate of drug-likeness (QED) is 0.703. The number of hydrogen-bond donors (Lipinski definition) is 1. The fraction of sp³-hybridized carbons (Fsp3) is 0.333. The molecule has 1 aromatic carbocycles. The minimum Gasteiger partial charge on any atom is -0.389 e. The van der Waals surface area contributed by atoms with E-state index in [1.54, 1.807) is 6.08 Å². The normalized spacial score (nSPS) is 13.8. The summed E-state index contributed by atoms with van der Waals surface area (Å²) in [5.41, 5.74) is 2.25. The Morgan fingerprint density at radius 1 is 1.38 bits per heavy atom. The number of benzene rings is 1. The van der Waals surface area contributed by atoms with Gasteiger partial charge in [0, 0.05) is 19.6 Å². The van der Waals surface area contributed by atoms with Crippen molar-refractivity contribution in [2.45, 2.75) is 19.6 Å². The Hall–Kier alpha value is -1.71. The maximum atomic E-state index is 12.6. The van der Waals surface area contributed by atoms with Crippen LogP contribution in [0.1, 0.15) is 12.5 Å². The van der Waals surface area contributed by atoms with E-state index in [0.717, 1.165) is 11.1 Å². The Labute approximate surface area is 126 Å². The number of rotatable bonds is 9. The first-order valence-corrected chi connectivity index (χ1v) is 7.14. The Morgan fingerprint density at radius 3 is 2.67 bits per heavy atom. The monoisotopic (exact) mass is 289 g/mol. The number of hydrogen-bond acceptors (Lipinski definition) is 2. The van der Waals surface area contributed by atoms with Crippen LogP contribution in [0, 0.1) is 0 Å². The van der Waals surface area contributed by atoms with Crippen molar-refractivity contribution in [3.63, 3.8) is 0 Å². The van der Waals surface area contributed by atoms with Crippen LogP contribution in [-0.4, -0.2) is 35.9 Å². The molecule has 0 aliphatic heterocycles. The average molecular weight is 289 g/mol. The highest BCUT2D eigenvalue weighted by molar-refractivity contribution is 5.23. The minimum atomic E-state index is -0.949. The first-order valence-electron chi connectivity index (χ1n) is 7.14. The molecular formula is C18H24FNO. The third kappa shape index (κ3) is 7.02. The largest absolute Gasteiger partial charge is 0.389 e. The lowest BCUT2D eigenvalue weighted by atomic mass is 10.1. The molecule has 0 saturated heterocycles. The van der Waals surface area contributed by atoms with E-state index in [4.69, 9.17) is 0 Å². The molecule has 3 heteroatoms. The number of aliphatic hydroxyl groups is 1. The van der Waals surface area contributed by atoms with Gasteiger partial charge in [-0.2, -0.15) is 0 Å². The Bertz CT molecular complexity index is 467. The number of nitrogens with zero attached hydrogens (tertiary/aromatic N) is 1. The molecule has 1 atom stereocenters. The van der Waals surface area contributed by atoms with Crippen LogP contribution < -0.4 is 0 Å². The zero-order valence-corrected chi connectivity index (χ0v) is 12.6. The summed E-state index contributed by atoms with van der Waals surface area (Å²) in [6.45, 7) is 6.55. The zero-order valence-electron chi connectivity index (χ0n) is 12.6. The average Bonchev–Trinajstić information content (AvgIpc) is 2.52. The first kappa shape index (κ1) is 17.3. The molecule has 0 spiro atoms. The van der Waals surface area contributed by atoms with Gasteiger partial charge in [0.05, 0.1) is 6.10 Å². The molecule has 1 unspecified atom stereocenters. The van der Waals surface area contributed by atoms with Gasteiger partial charge in [-0.15, -0.1) is 0 Å². The van der Waals surface area contributed by atoms with Gasteiger partial charge in [0.15, 0.2) is 0 Å². The molecule has 1 N–H and O–H groups in total. The standard InChI is InChI=1S/C18H24FNO/c1-3-5-9-16(4-2)13-20(15-18(21)12-19)14-17-10-7-6-8-11-17/h3-11,18,21H,1,12-15H2,2H3/b9-5-,16-4+. The van der Waals surface area contributed by atoms with E-state index in [9.17, 15) is 9.50 Å². The molecule has 0 fully saturated rings. The van der Waals surface area contributed by atoms with Crippen molar-refractivity contribution < 1.29 is 9.50 Å². The second kappa shape index (κ2) is 10.1. The van der Waals surface area contributed by atoms with Gasteiger partial charge in [-0.25, -0.2) is 4.39 Å². The van der Waals surface area contributed by atoms with Crippen LogP contribution in [0.25, 0.3) is 0 Å². The van der Waals surface area contributed by atoms with Crippen LogP contribution in [0.2, 0.25) is 0 Å². The predicted molar refractivity (Wildman–Crippen MR) is 86.8 cm³/mol. The van der Waals surface area contributed by atoms with Crippen LogP contribution in [0.5, 0.6) is 0 Å². The highest BCUT2D eigenvalue weighted by Gasteiger charge is 2.13. The van der Waals surface area contributed by atoms with Gasteiger partial charge in [-0.1, -0.05) is 61.2 Å². The van der Waals surface area contributed by atoms with Crippen LogP contribution in [0.15, 0.2) is 66.8 Å². The summed E-state index contributed by atoms with van der Waals surface area (Å²) < 4.78 is 12.6. The second-order valence-corrected chi connectivity index (χ2v) is 4.92. The van der Waals surface area contributed by atoms with Crippen LogP contribution in [0.3, 0.4) is 0 Å². The number of halogens is 1. The van der Waals surface area contributed by atoms with E-state index in [-0.39, 0.29) is 0 Å². The summed E-state index contributed by atoms with van der Waals surface area (Å²) in [4.78, 5) is 2.04. The Morgan fingerprint density at radius 2 is 2.10 bits per heavy atom. The third-order valence-corrected chi connectivity index (χ3v) is 3.12. The molecule has 0 aliphatic carbocycles. The van der Waals surface area contributed by atoms with E-state index in [2.05, 4.69) is 6.58 Å². The fourth-order valence-electron chi connectivity index (χ4n) is 2.06. The topological polar surface area (TPSA) is 23.5 Å². The van der Waals surface area contributed by atoms with Gasteiger partial charge in [-0.05, 0) is 18.1 Å². The SMILES string of the molecule is C=C/C=C\C(=C/C)CN(Cc1ccccc1)CC(O)CF. The number of allylic oxidation sites excluding steroid dienone is 3. The molecule has 0 amide bonds. The first-order chi connectivity index (χ1) is 10.2. The molecule has 0 radical (unpaired) electrons. The molecule has 1 rings (SSSR count). The van der Waals surface area contributed by atoms with Crippen LogP contribution >= 0.6 is 0 Å². The third-order valence-electron chi connectivity index (χ3n) is 3.12. The highest BCUT2D eigenvalue weighted by Crippen LogP contribution is 2.09. The fourth-order valence-corrected chi connectivity index (χ4v) is 2.06. The number of aliphatic hydroxyl groups excluding tert-OH is 1. The molecule has 0 aromatic heterocycles. The summed E-state index contributed by atoms with van der Waals surface area (Å²) >= 11 is 0. The van der Waals surface area contributed by atoms with Crippen LogP contribution in [0.4, 0.5) is 4.39 Å². The predicted octanol–water partition coefficient (Wildman–Crippen LogP) is 3.51. The second-order valence-electron chi connectivity index (χ2n) is 4.92. The minimum absolute atomic E-state index is 0.310. The number of alkyl halides is 1. The van der Waals surface area contributed by atoms with E-state index in [1.807, 2.05) is 60.4 Å². The molecule has 0 saturated carbocycles. The van der Waals surface area contributed by atoms with Crippen molar-refractivity contribution in [1.29, 1.82) is 0 Å². The summed E-state index contributed by atoms with van der Waals surface area (Å²) in [6, 6.07) is 9.99. The van der Waals surface area contributed by atoms with Gasteiger partial charge in [0.1, 0.15) is 6.67 Å². The molecule has 2 nitrogen and oxygen atoms in total. The highest BCUT2D eigenvalue weighted by atomic mass is 19.1. The Kier molecular flexibility index (Phi) is 8.32. The van der Waals surface area contributed by atoms with E-state index >= 15 is 0 Å². The van der Waals surface area contributed by atoms with Gasteiger partial charge < -0.3 is 5.11 Å².